The van der Waals surface area contributed by atoms with Crippen LogP contribution in [0.1, 0.15) is 39.0 Å². The van der Waals surface area contributed by atoms with Gasteiger partial charge in [0.15, 0.2) is 0 Å². The minimum absolute atomic E-state index is 0.664. The molecule has 0 aliphatic heterocycles. The van der Waals surface area contributed by atoms with E-state index >= 15 is 0 Å². The summed E-state index contributed by atoms with van der Waals surface area (Å²) in [6.07, 6.45) is 2.24. The van der Waals surface area contributed by atoms with Gasteiger partial charge in [-0.05, 0) is 25.3 Å². The van der Waals surface area contributed by atoms with Gasteiger partial charge in [-0.2, -0.15) is 4.98 Å². The number of nitrogens with zero attached hydrogens (tertiary/aromatic N) is 3. The van der Waals surface area contributed by atoms with Crippen LogP contribution in [0.4, 0.5) is 11.8 Å². The molecule has 1 N–H and O–H groups in total. The van der Waals surface area contributed by atoms with E-state index < -0.39 is 0 Å². The lowest BCUT2D eigenvalue weighted by Gasteiger charge is -2.26. The van der Waals surface area contributed by atoms with Crippen molar-refractivity contribution in [3.8, 4) is 0 Å². The number of rotatable bonds is 7. The third kappa shape index (κ3) is 3.46. The van der Waals surface area contributed by atoms with Gasteiger partial charge < -0.3 is 10.2 Å². The summed E-state index contributed by atoms with van der Waals surface area (Å²) in [5, 5.41) is 4.29. The largest absolute Gasteiger partial charge is 0.357 e. The van der Waals surface area contributed by atoms with Crippen LogP contribution < -0.4 is 10.2 Å². The van der Waals surface area contributed by atoms with Gasteiger partial charge in [0, 0.05) is 25.0 Å². The average Bonchev–Trinajstić information content (AvgIpc) is 2.94. The molecule has 2 aromatic rings. The van der Waals surface area contributed by atoms with E-state index in [4.69, 9.17) is 4.98 Å². The van der Waals surface area contributed by atoms with Crippen molar-refractivity contribution in [1.82, 2.24) is 9.97 Å². The highest BCUT2D eigenvalue weighted by Crippen LogP contribution is 2.32. The molecule has 0 saturated carbocycles. The summed E-state index contributed by atoms with van der Waals surface area (Å²) >= 11 is 1.78. The van der Waals surface area contributed by atoms with Gasteiger partial charge in [-0.25, -0.2) is 4.98 Å². The van der Waals surface area contributed by atoms with Gasteiger partial charge in [-0.1, -0.05) is 27.2 Å². The molecule has 0 aromatic carbocycles. The Bertz CT molecular complexity index is 593. The van der Waals surface area contributed by atoms with Gasteiger partial charge in [-0.3, -0.25) is 0 Å². The highest BCUT2D eigenvalue weighted by Gasteiger charge is 2.17. The first-order chi connectivity index (χ1) is 10.1. The van der Waals surface area contributed by atoms with Crippen molar-refractivity contribution in [2.24, 2.45) is 5.92 Å². The van der Waals surface area contributed by atoms with Crippen LogP contribution >= 0.6 is 11.3 Å². The monoisotopic (exact) mass is 306 g/mol. The van der Waals surface area contributed by atoms with Crippen molar-refractivity contribution in [2.45, 2.75) is 40.5 Å². The fourth-order valence-corrected chi connectivity index (χ4v) is 3.32. The predicted octanol–water partition coefficient (Wildman–Crippen LogP) is 4.17. The summed E-state index contributed by atoms with van der Waals surface area (Å²) < 4.78 is 0. The molecule has 4 nitrogen and oxygen atoms in total. The highest BCUT2D eigenvalue weighted by atomic mass is 32.1. The predicted molar refractivity (Wildman–Crippen MR) is 93.7 cm³/mol. The van der Waals surface area contributed by atoms with Crippen LogP contribution in [0.25, 0.3) is 10.2 Å². The van der Waals surface area contributed by atoms with Gasteiger partial charge in [-0.15, -0.1) is 11.3 Å². The van der Waals surface area contributed by atoms with E-state index in [-0.39, 0.29) is 0 Å². The molecule has 1 unspecified atom stereocenters. The van der Waals surface area contributed by atoms with Crippen LogP contribution in [0.3, 0.4) is 0 Å². The normalized spacial score (nSPS) is 12.6. The fourth-order valence-electron chi connectivity index (χ4n) is 2.35. The van der Waals surface area contributed by atoms with Crippen LogP contribution in [0, 0.1) is 5.92 Å². The molecule has 0 aliphatic rings. The Kier molecular flexibility index (Phi) is 5.39. The zero-order valence-electron chi connectivity index (χ0n) is 13.7. The molecule has 0 fully saturated rings. The van der Waals surface area contributed by atoms with Crippen LogP contribution in [0.15, 0.2) is 6.07 Å². The van der Waals surface area contributed by atoms with Gasteiger partial charge in [0.2, 0.25) is 5.95 Å². The van der Waals surface area contributed by atoms with Crippen molar-refractivity contribution in [3.63, 3.8) is 0 Å². The van der Waals surface area contributed by atoms with Gasteiger partial charge >= 0.3 is 0 Å². The van der Waals surface area contributed by atoms with Crippen LogP contribution in [-0.4, -0.2) is 30.1 Å². The third-order valence-corrected chi connectivity index (χ3v) is 5.08. The molecular formula is C16H26N4S. The summed E-state index contributed by atoms with van der Waals surface area (Å²) in [6.45, 7) is 10.9. The number of thiophene rings is 1. The van der Waals surface area contributed by atoms with Gasteiger partial charge in [0.1, 0.15) is 10.6 Å². The molecule has 1 atom stereocenters. The highest BCUT2D eigenvalue weighted by molar-refractivity contribution is 7.18. The molecular weight excluding hydrogens is 280 g/mol. The van der Waals surface area contributed by atoms with Crippen molar-refractivity contribution in [3.05, 3.63) is 10.9 Å². The van der Waals surface area contributed by atoms with E-state index in [1.54, 1.807) is 11.3 Å². The summed E-state index contributed by atoms with van der Waals surface area (Å²) in [4.78, 5) is 14.2. The smallest absolute Gasteiger partial charge is 0.225 e. The molecule has 0 amide bonds. The lowest BCUT2D eigenvalue weighted by molar-refractivity contribution is 0.546. The molecule has 2 rings (SSSR count). The summed E-state index contributed by atoms with van der Waals surface area (Å²) in [6, 6.07) is 2.26. The van der Waals surface area contributed by atoms with Crippen LogP contribution in [-0.2, 0) is 6.42 Å². The topological polar surface area (TPSA) is 41.1 Å². The second kappa shape index (κ2) is 7.07. The molecule has 0 saturated heterocycles. The molecule has 0 bridgehead atoms. The Morgan fingerprint density at radius 2 is 2.05 bits per heavy atom. The number of aryl methyl sites for hydroxylation is 1. The molecule has 5 heteroatoms. The molecule has 0 radical (unpaired) electrons. The zero-order chi connectivity index (χ0) is 15.4. The average molecular weight is 306 g/mol. The zero-order valence-corrected chi connectivity index (χ0v) is 14.5. The number of anilines is 2. The Balaban J connectivity index is 2.50. The van der Waals surface area contributed by atoms with Crippen molar-refractivity contribution >= 4 is 33.3 Å². The minimum Gasteiger partial charge on any atom is -0.357 e. The Hall–Kier alpha value is -1.36. The Labute approximate surface area is 131 Å². The first-order valence-corrected chi connectivity index (χ1v) is 8.67. The van der Waals surface area contributed by atoms with E-state index in [1.165, 1.54) is 16.7 Å². The summed E-state index contributed by atoms with van der Waals surface area (Å²) in [5.74, 6) is 2.45. The minimum atomic E-state index is 0.664. The van der Waals surface area contributed by atoms with Crippen molar-refractivity contribution in [2.75, 3.05) is 30.4 Å². The van der Waals surface area contributed by atoms with Crippen LogP contribution in [0.5, 0.6) is 0 Å². The maximum Gasteiger partial charge on any atom is 0.225 e. The number of nitrogens with one attached hydrogen (secondary N) is 1. The lowest BCUT2D eigenvalue weighted by atomic mass is 10.1. The van der Waals surface area contributed by atoms with E-state index in [1.807, 2.05) is 7.05 Å². The Morgan fingerprint density at radius 1 is 1.29 bits per heavy atom. The molecule has 116 valence electrons. The fraction of sp³-hybridized carbons (Fsp3) is 0.625. The van der Waals surface area contributed by atoms with E-state index in [0.717, 1.165) is 30.2 Å². The molecule has 21 heavy (non-hydrogen) atoms. The number of hydrogen-bond donors (Lipinski definition) is 1. The van der Waals surface area contributed by atoms with Crippen molar-refractivity contribution in [1.29, 1.82) is 0 Å². The second-order valence-corrected chi connectivity index (χ2v) is 6.57. The lowest BCUT2D eigenvalue weighted by Crippen LogP contribution is -2.29. The third-order valence-electron chi connectivity index (χ3n) is 3.91. The quantitative estimate of drug-likeness (QED) is 0.833. The second-order valence-electron chi connectivity index (χ2n) is 5.46. The Morgan fingerprint density at radius 3 is 2.62 bits per heavy atom. The van der Waals surface area contributed by atoms with E-state index in [2.05, 4.69) is 49.0 Å². The maximum atomic E-state index is 4.74. The number of fused-ring (bicyclic) bond motifs is 1. The number of hydrogen-bond acceptors (Lipinski definition) is 5. The summed E-state index contributed by atoms with van der Waals surface area (Å²) in [5.41, 5.74) is 0. The van der Waals surface area contributed by atoms with Crippen LogP contribution in [0.2, 0.25) is 0 Å². The number of aromatic nitrogens is 2. The van der Waals surface area contributed by atoms with E-state index in [9.17, 15) is 0 Å². The summed E-state index contributed by atoms with van der Waals surface area (Å²) in [7, 11) is 1.88. The maximum absolute atomic E-state index is 4.74. The molecule has 2 aromatic heterocycles. The molecule has 0 aliphatic carbocycles. The first-order valence-electron chi connectivity index (χ1n) is 7.85. The van der Waals surface area contributed by atoms with Crippen molar-refractivity contribution < 1.29 is 0 Å². The molecule has 0 spiro atoms. The SMILES string of the molecule is CCc1cc2c(N(CC)CC(C)CC)nc(NC)nc2s1. The first kappa shape index (κ1) is 16.0. The van der Waals surface area contributed by atoms with E-state index in [0.29, 0.717) is 11.9 Å². The van der Waals surface area contributed by atoms with Gasteiger partial charge in [0.25, 0.3) is 0 Å². The standard InChI is InChI=1S/C16H26N4S/c1-6-11(4)10-20(8-3)14-13-9-12(7-2)21-15(13)19-16(17-5)18-14/h9,11H,6-8,10H2,1-5H3,(H,17,18,19). The van der Waals surface area contributed by atoms with Gasteiger partial charge in [0.05, 0.1) is 5.39 Å². The molecule has 2 heterocycles.